The molecule has 2 aromatic heterocycles. The Hall–Kier alpha value is -8.34. The van der Waals surface area contributed by atoms with Crippen molar-refractivity contribution in [3.8, 4) is 33.4 Å². The lowest BCUT2D eigenvalue weighted by Gasteiger charge is -2.29. The van der Waals surface area contributed by atoms with Crippen LogP contribution in [0.15, 0.2) is 231 Å². The summed E-state index contributed by atoms with van der Waals surface area (Å²) in [5.41, 5.74) is 19.5. The number of hydrogen-bond acceptors (Lipinski definition) is 4. The topological polar surface area (TPSA) is 51.0 Å². The fourth-order valence-electron chi connectivity index (χ4n) is 10.3. The van der Waals surface area contributed by atoms with Crippen molar-refractivity contribution in [2.24, 2.45) is 9.98 Å². The first-order chi connectivity index (χ1) is 32.2. The zero-order valence-electron chi connectivity index (χ0n) is 35.4. The summed E-state index contributed by atoms with van der Waals surface area (Å²) in [4.78, 5) is 10.5. The molecule has 4 nitrogen and oxygen atoms in total. The Kier molecular flexibility index (Phi) is 8.70. The Balaban J connectivity index is 0.953. The van der Waals surface area contributed by atoms with Crippen LogP contribution < -0.4 is 0 Å². The molecule has 11 aromatic rings. The van der Waals surface area contributed by atoms with Gasteiger partial charge in [0.05, 0.1) is 11.4 Å². The van der Waals surface area contributed by atoms with Crippen LogP contribution in [0.2, 0.25) is 0 Å². The van der Waals surface area contributed by atoms with Crippen LogP contribution in [0.5, 0.6) is 0 Å². The Morgan fingerprint density at radius 2 is 0.969 bits per heavy atom. The summed E-state index contributed by atoms with van der Waals surface area (Å²) in [6.45, 7) is 0. The number of furan rings is 2. The van der Waals surface area contributed by atoms with Crippen molar-refractivity contribution in [2.75, 3.05) is 0 Å². The van der Waals surface area contributed by atoms with Gasteiger partial charge in [0.25, 0.3) is 0 Å². The van der Waals surface area contributed by atoms with E-state index in [4.69, 9.17) is 18.8 Å². The highest BCUT2D eigenvalue weighted by Gasteiger charge is 2.27. The lowest BCUT2D eigenvalue weighted by atomic mass is 9.75. The molecule has 2 aliphatic rings. The fourth-order valence-corrected chi connectivity index (χ4v) is 10.3. The summed E-state index contributed by atoms with van der Waals surface area (Å²) in [5.74, 6) is 0.973. The van der Waals surface area contributed by atoms with Gasteiger partial charge in [-0.1, -0.05) is 164 Å². The van der Waals surface area contributed by atoms with Gasteiger partial charge in [0.15, 0.2) is 5.84 Å². The summed E-state index contributed by atoms with van der Waals surface area (Å²) in [6, 6.07) is 73.3. The fraction of sp³-hybridized carbons (Fsp3) is 0.0492. The normalized spacial score (nSPS) is 14.8. The Morgan fingerprint density at radius 1 is 0.400 bits per heavy atom. The minimum atomic E-state index is 0.305. The van der Waals surface area contributed by atoms with Gasteiger partial charge in [0.1, 0.15) is 22.3 Å². The van der Waals surface area contributed by atoms with Gasteiger partial charge in [-0.3, -0.25) is 0 Å². The predicted octanol–water partition coefficient (Wildman–Crippen LogP) is 15.9. The van der Waals surface area contributed by atoms with Crippen molar-refractivity contribution < 1.29 is 8.83 Å². The molecular formula is C61H40N2O2. The van der Waals surface area contributed by atoms with E-state index in [9.17, 15) is 0 Å². The first-order valence-corrected chi connectivity index (χ1v) is 22.4. The van der Waals surface area contributed by atoms with Crippen molar-refractivity contribution in [3.05, 3.63) is 246 Å². The van der Waals surface area contributed by atoms with Crippen molar-refractivity contribution in [1.82, 2.24) is 0 Å². The third kappa shape index (κ3) is 6.37. The molecule has 0 radical (unpaired) electrons. The molecule has 0 fully saturated rings. The van der Waals surface area contributed by atoms with Gasteiger partial charge < -0.3 is 8.83 Å². The van der Waals surface area contributed by atoms with Gasteiger partial charge in [-0.25, -0.2) is 9.98 Å². The highest BCUT2D eigenvalue weighted by atomic mass is 16.3. The summed E-state index contributed by atoms with van der Waals surface area (Å²) < 4.78 is 13.2. The molecule has 1 aliphatic carbocycles. The lowest BCUT2D eigenvalue weighted by molar-refractivity contribution is 0.668. The predicted molar refractivity (Wildman–Crippen MR) is 268 cm³/mol. The van der Waals surface area contributed by atoms with Crippen LogP contribution in [0.3, 0.4) is 0 Å². The van der Waals surface area contributed by atoms with E-state index in [2.05, 4.69) is 200 Å². The van der Waals surface area contributed by atoms with Crippen molar-refractivity contribution >= 4 is 61.1 Å². The van der Waals surface area contributed by atoms with Gasteiger partial charge in [0.2, 0.25) is 0 Å². The van der Waals surface area contributed by atoms with E-state index < -0.39 is 0 Å². The van der Waals surface area contributed by atoms with Crippen LogP contribution in [-0.2, 0) is 6.42 Å². The number of aliphatic imine (C=N–C) groups is 2. The number of benzene rings is 9. The van der Waals surface area contributed by atoms with E-state index in [1.165, 1.54) is 33.4 Å². The smallest absolute Gasteiger partial charge is 0.160 e. The molecule has 1 atom stereocenters. The maximum atomic E-state index is 6.63. The number of allylic oxidation sites excluding steroid dienone is 1. The second-order valence-corrected chi connectivity index (χ2v) is 17.1. The molecule has 0 saturated heterocycles. The molecule has 65 heavy (non-hydrogen) atoms. The van der Waals surface area contributed by atoms with E-state index in [1.54, 1.807) is 0 Å². The summed E-state index contributed by atoms with van der Waals surface area (Å²) in [6.07, 6.45) is 3.85. The number of hydrogen-bond donors (Lipinski definition) is 0. The van der Waals surface area contributed by atoms with Gasteiger partial charge in [0, 0.05) is 39.4 Å². The lowest BCUT2D eigenvalue weighted by Crippen LogP contribution is -2.12. The van der Waals surface area contributed by atoms with Crippen LogP contribution >= 0.6 is 0 Å². The molecule has 13 rings (SSSR count). The van der Waals surface area contributed by atoms with Gasteiger partial charge >= 0.3 is 0 Å². The highest BCUT2D eigenvalue weighted by molar-refractivity contribution is 6.21. The first kappa shape index (κ1) is 37.2. The zero-order chi connectivity index (χ0) is 42.8. The monoisotopic (exact) mass is 832 g/mol. The minimum absolute atomic E-state index is 0.305. The average molecular weight is 833 g/mol. The van der Waals surface area contributed by atoms with E-state index >= 15 is 0 Å². The van der Waals surface area contributed by atoms with Crippen molar-refractivity contribution in [2.45, 2.75) is 18.8 Å². The molecule has 0 bridgehead atoms. The largest absolute Gasteiger partial charge is 0.456 e. The second-order valence-electron chi connectivity index (χ2n) is 17.1. The molecule has 9 aromatic carbocycles. The molecule has 0 N–H and O–H groups in total. The molecule has 4 heteroatoms. The Bertz CT molecular complexity index is 3760. The van der Waals surface area contributed by atoms with E-state index in [0.29, 0.717) is 18.2 Å². The zero-order valence-corrected chi connectivity index (χ0v) is 35.4. The summed E-state index contributed by atoms with van der Waals surface area (Å²) >= 11 is 0. The molecular weight excluding hydrogens is 793 g/mol. The average Bonchev–Trinajstić information content (AvgIpc) is 3.86. The Morgan fingerprint density at radius 3 is 1.68 bits per heavy atom. The standard InChI is InChI=1S/C61H40N2O2/c1-4-14-38(15-5-1)49-36-43-20-10-11-21-45(43)50-34-41(26-29-46(49)50)42-27-32-55-51(35-42)59-47(22-12-24-57(59)64-55)48-23-13-25-58-60(48)52-37-44(28-33-56(52)65-58)61-62-53(39-16-6-2-7-17-39)30-31-54(63-61)40-18-8-3-9-19-40/h1-30,32-35,37,49H,31,36H2. The van der Waals surface area contributed by atoms with Crippen molar-refractivity contribution in [3.63, 3.8) is 0 Å². The minimum Gasteiger partial charge on any atom is -0.456 e. The van der Waals surface area contributed by atoms with Crippen LogP contribution in [0, 0.1) is 0 Å². The third-order valence-electron chi connectivity index (χ3n) is 13.4. The van der Waals surface area contributed by atoms with Crippen LogP contribution in [0.25, 0.3) is 83.0 Å². The van der Waals surface area contributed by atoms with Gasteiger partial charge in [-0.15, -0.1) is 0 Å². The summed E-state index contributed by atoms with van der Waals surface area (Å²) in [5, 5.41) is 4.21. The molecule has 1 aliphatic heterocycles. The molecule has 306 valence electrons. The van der Waals surface area contributed by atoms with Gasteiger partial charge in [-0.05, 0) is 116 Å². The Labute approximate surface area is 376 Å². The number of fused-ring (bicyclic) bond motifs is 9. The van der Waals surface area contributed by atoms with Crippen LogP contribution in [-0.4, -0.2) is 11.5 Å². The third-order valence-corrected chi connectivity index (χ3v) is 13.4. The first-order valence-electron chi connectivity index (χ1n) is 22.4. The summed E-state index contributed by atoms with van der Waals surface area (Å²) in [7, 11) is 0. The molecule has 0 amide bonds. The molecule has 0 spiro atoms. The second kappa shape index (κ2) is 15.2. The maximum absolute atomic E-state index is 6.63. The van der Waals surface area contributed by atoms with Gasteiger partial charge in [-0.2, -0.15) is 0 Å². The molecule has 3 heterocycles. The number of rotatable bonds is 6. The van der Waals surface area contributed by atoms with Crippen LogP contribution in [0.4, 0.5) is 0 Å². The molecule has 1 unspecified atom stereocenters. The quantitative estimate of drug-likeness (QED) is 0.168. The SMILES string of the molecule is C1=C(c2ccccc2)N=C(c2ccc3oc4cccc(-c5cccc6oc7ccc(-c8ccc9c(c8)-c8ccccc8CC9c8ccccc8)cc7c56)c4c3c2)N=C(c2ccccc2)C1. The number of nitrogens with zero attached hydrogens (tertiary/aromatic N) is 2. The van der Waals surface area contributed by atoms with E-state index in [0.717, 1.165) is 95.1 Å². The van der Waals surface area contributed by atoms with Crippen LogP contribution in [0.1, 0.15) is 45.7 Å². The van der Waals surface area contributed by atoms with E-state index in [-0.39, 0.29) is 0 Å². The van der Waals surface area contributed by atoms with Crippen molar-refractivity contribution in [1.29, 1.82) is 0 Å². The van der Waals surface area contributed by atoms with E-state index in [1.807, 2.05) is 12.1 Å². The number of amidine groups is 1. The maximum Gasteiger partial charge on any atom is 0.160 e. The highest BCUT2D eigenvalue weighted by Crippen LogP contribution is 2.46. The molecule has 0 saturated carbocycles.